The zero-order valence-electron chi connectivity index (χ0n) is 16.4. The summed E-state index contributed by atoms with van der Waals surface area (Å²) in [4.78, 5) is 11.5. The summed E-state index contributed by atoms with van der Waals surface area (Å²) < 4.78 is 11.2. The van der Waals surface area contributed by atoms with Crippen molar-refractivity contribution in [1.29, 1.82) is 0 Å². The van der Waals surface area contributed by atoms with Gasteiger partial charge in [-0.3, -0.25) is 0 Å². The highest BCUT2D eigenvalue weighted by molar-refractivity contribution is 6.74. The molecule has 0 aliphatic heterocycles. The van der Waals surface area contributed by atoms with Crippen LogP contribution in [0, 0.1) is 17.3 Å². The molecule has 0 bridgehead atoms. The third kappa shape index (κ3) is 4.74. The largest absolute Gasteiger partial charge is 0.465 e. The first kappa shape index (κ1) is 19.7. The monoisotopic (exact) mass is 358 g/mol. The smallest absolute Gasteiger partial charge is 0.337 e. The van der Waals surface area contributed by atoms with Crippen molar-refractivity contribution in [2.75, 3.05) is 13.7 Å². The molecule has 0 unspecified atom stereocenters. The van der Waals surface area contributed by atoms with Crippen molar-refractivity contribution in [3.05, 3.63) is 35.4 Å². The van der Waals surface area contributed by atoms with Gasteiger partial charge in [0.1, 0.15) is 0 Å². The average Bonchev–Trinajstić information content (AvgIpc) is 2.52. The maximum absolute atomic E-state index is 11.5. The molecule has 1 aromatic carbocycles. The van der Waals surface area contributed by atoms with Gasteiger partial charge in [-0.25, -0.2) is 4.79 Å². The molecule has 0 spiro atoms. The second kappa shape index (κ2) is 7.35. The Morgan fingerprint density at radius 3 is 2.24 bits per heavy atom. The Morgan fingerprint density at radius 2 is 1.80 bits per heavy atom. The first-order chi connectivity index (χ1) is 11.6. The van der Waals surface area contributed by atoms with E-state index in [4.69, 9.17) is 9.16 Å². The molecule has 1 aromatic rings. The lowest BCUT2D eigenvalue weighted by Crippen LogP contribution is -2.45. The minimum absolute atomic E-state index is 0.00343. The molecule has 1 aliphatic rings. The van der Waals surface area contributed by atoms with E-state index in [0.717, 1.165) is 25.0 Å². The number of esters is 1. The summed E-state index contributed by atoms with van der Waals surface area (Å²) in [6, 6.07) is 7.27. The van der Waals surface area contributed by atoms with E-state index in [9.17, 15) is 4.79 Å². The summed E-state index contributed by atoms with van der Waals surface area (Å²) in [7, 11) is -0.361. The van der Waals surface area contributed by atoms with E-state index in [-0.39, 0.29) is 16.4 Å². The number of ether oxygens (including phenoxy) is 1. The van der Waals surface area contributed by atoms with Crippen molar-refractivity contribution >= 4 is 14.3 Å². The first-order valence-corrected chi connectivity index (χ1v) is 11.8. The van der Waals surface area contributed by atoms with E-state index < -0.39 is 8.32 Å². The topological polar surface area (TPSA) is 35.5 Å². The molecule has 136 valence electrons. The zero-order chi connectivity index (χ0) is 18.7. The Balaban J connectivity index is 2.07. The Hall–Kier alpha value is -1.57. The Bertz CT molecular complexity index is 668. The number of methoxy groups -OCH3 is 1. The number of carbonyl (C=O) groups is 1. The van der Waals surface area contributed by atoms with Crippen LogP contribution in [0.25, 0.3) is 0 Å². The van der Waals surface area contributed by atoms with Crippen LogP contribution in [0.5, 0.6) is 0 Å². The van der Waals surface area contributed by atoms with Crippen LogP contribution in [0.15, 0.2) is 24.3 Å². The fraction of sp³-hybridized carbons (Fsp3) is 0.571. The fourth-order valence-electron chi connectivity index (χ4n) is 2.46. The second-order valence-corrected chi connectivity index (χ2v) is 13.3. The van der Waals surface area contributed by atoms with Crippen LogP contribution in [0.4, 0.5) is 0 Å². The summed E-state index contributed by atoms with van der Waals surface area (Å²) in [5.74, 6) is 6.43. The van der Waals surface area contributed by atoms with Crippen molar-refractivity contribution in [2.45, 2.75) is 58.2 Å². The van der Waals surface area contributed by atoms with Gasteiger partial charge in [0.05, 0.1) is 24.7 Å². The van der Waals surface area contributed by atoms with Gasteiger partial charge >= 0.3 is 5.97 Å². The summed E-state index contributed by atoms with van der Waals surface area (Å²) >= 11 is 0. The maximum Gasteiger partial charge on any atom is 0.337 e. The predicted molar refractivity (Wildman–Crippen MR) is 104 cm³/mol. The molecule has 0 aromatic heterocycles. The van der Waals surface area contributed by atoms with Crippen molar-refractivity contribution in [2.24, 2.45) is 5.41 Å². The number of benzene rings is 1. The lowest BCUT2D eigenvalue weighted by molar-refractivity contribution is 0.0600. The Kier molecular flexibility index (Phi) is 5.81. The predicted octanol–water partition coefficient (Wildman–Crippen LogP) is 5.02. The molecule has 0 heterocycles. The van der Waals surface area contributed by atoms with Crippen LogP contribution in [-0.4, -0.2) is 28.0 Å². The molecule has 4 heteroatoms. The van der Waals surface area contributed by atoms with Crippen LogP contribution in [0.3, 0.4) is 0 Å². The third-order valence-electron chi connectivity index (χ3n) is 5.60. The molecule has 0 N–H and O–H groups in total. The van der Waals surface area contributed by atoms with Crippen molar-refractivity contribution in [3.8, 4) is 11.8 Å². The third-order valence-corrected chi connectivity index (χ3v) is 10.1. The zero-order valence-corrected chi connectivity index (χ0v) is 17.4. The van der Waals surface area contributed by atoms with Gasteiger partial charge in [-0.15, -0.1) is 0 Å². The highest BCUT2D eigenvalue weighted by Gasteiger charge is 2.42. The van der Waals surface area contributed by atoms with Gasteiger partial charge in [-0.1, -0.05) is 39.0 Å². The van der Waals surface area contributed by atoms with Gasteiger partial charge in [0.2, 0.25) is 0 Å². The van der Waals surface area contributed by atoms with Gasteiger partial charge in [0.25, 0.3) is 0 Å². The van der Waals surface area contributed by atoms with Crippen LogP contribution in [0.1, 0.15) is 56.0 Å². The normalized spacial score (nSPS) is 16.4. The van der Waals surface area contributed by atoms with Crippen LogP contribution in [-0.2, 0) is 9.16 Å². The summed E-state index contributed by atoms with van der Waals surface area (Å²) in [5.41, 5.74) is 1.47. The SMILES string of the molecule is COC(=O)c1ccc(C#CC2(CO[Si](C)(C)C(C)(C)C)CCC2)cc1. The summed E-state index contributed by atoms with van der Waals surface area (Å²) in [6.07, 6.45) is 3.43. The van der Waals surface area contributed by atoms with Gasteiger partial charge < -0.3 is 9.16 Å². The van der Waals surface area contributed by atoms with E-state index in [2.05, 4.69) is 45.7 Å². The van der Waals surface area contributed by atoms with Crippen molar-refractivity contribution < 1.29 is 14.0 Å². The number of rotatable bonds is 4. The van der Waals surface area contributed by atoms with Crippen LogP contribution >= 0.6 is 0 Å². The lowest BCUT2D eigenvalue weighted by Gasteiger charge is -2.43. The Morgan fingerprint density at radius 1 is 1.20 bits per heavy atom. The molecule has 0 radical (unpaired) electrons. The van der Waals surface area contributed by atoms with Gasteiger partial charge in [0.15, 0.2) is 8.32 Å². The average molecular weight is 359 g/mol. The fourth-order valence-corrected chi connectivity index (χ4v) is 3.53. The highest BCUT2D eigenvalue weighted by atomic mass is 28.4. The highest BCUT2D eigenvalue weighted by Crippen LogP contribution is 2.44. The number of hydrogen-bond acceptors (Lipinski definition) is 3. The molecule has 2 rings (SSSR count). The molecule has 0 amide bonds. The van der Waals surface area contributed by atoms with E-state index in [0.29, 0.717) is 5.56 Å². The molecule has 1 saturated carbocycles. The van der Waals surface area contributed by atoms with E-state index in [1.807, 2.05) is 12.1 Å². The van der Waals surface area contributed by atoms with Crippen LogP contribution < -0.4 is 0 Å². The number of carbonyl (C=O) groups excluding carboxylic acids is 1. The molecule has 25 heavy (non-hydrogen) atoms. The quantitative estimate of drug-likeness (QED) is 0.431. The first-order valence-electron chi connectivity index (χ1n) is 8.94. The maximum atomic E-state index is 11.5. The molecule has 1 fully saturated rings. The van der Waals surface area contributed by atoms with Gasteiger partial charge in [-0.05, 0) is 55.2 Å². The summed E-state index contributed by atoms with van der Waals surface area (Å²) in [5, 5.41) is 0.217. The number of hydrogen-bond donors (Lipinski definition) is 0. The van der Waals surface area contributed by atoms with E-state index in [1.165, 1.54) is 13.5 Å². The summed E-state index contributed by atoms with van der Waals surface area (Å²) in [6.45, 7) is 12.1. The van der Waals surface area contributed by atoms with Crippen LogP contribution in [0.2, 0.25) is 18.1 Å². The van der Waals surface area contributed by atoms with Crippen molar-refractivity contribution in [1.82, 2.24) is 0 Å². The minimum Gasteiger partial charge on any atom is -0.465 e. The molecule has 3 nitrogen and oxygen atoms in total. The van der Waals surface area contributed by atoms with E-state index >= 15 is 0 Å². The van der Waals surface area contributed by atoms with Gasteiger partial charge in [0, 0.05) is 5.56 Å². The molecular formula is C21H30O3Si. The molecule has 0 atom stereocenters. The molecular weight excluding hydrogens is 328 g/mol. The molecule has 0 saturated heterocycles. The van der Waals surface area contributed by atoms with Crippen molar-refractivity contribution in [3.63, 3.8) is 0 Å². The Labute approximate surface area is 153 Å². The lowest BCUT2D eigenvalue weighted by atomic mass is 9.70. The van der Waals surface area contributed by atoms with Gasteiger partial charge in [-0.2, -0.15) is 0 Å². The molecule has 1 aliphatic carbocycles. The minimum atomic E-state index is -1.75. The standard InChI is InChI=1S/C21H30O3Si/c1-20(2,3)25(5,6)24-16-21(13-7-14-21)15-12-17-8-10-18(11-9-17)19(22)23-4/h8-11H,7,13-14,16H2,1-6H3. The second-order valence-electron chi connectivity index (χ2n) is 8.50. The van der Waals surface area contributed by atoms with E-state index in [1.54, 1.807) is 12.1 Å².